The monoisotopic (exact) mass is 416 g/mol. The van der Waals surface area contributed by atoms with Crippen molar-refractivity contribution in [1.29, 1.82) is 0 Å². The van der Waals surface area contributed by atoms with Crippen LogP contribution in [-0.2, 0) is 4.79 Å². The van der Waals surface area contributed by atoms with Gasteiger partial charge in [0.05, 0.1) is 0 Å². The Balaban J connectivity index is 1.58. The average Bonchev–Trinajstić information content (AvgIpc) is 3.12. The minimum atomic E-state index is -0.214. The van der Waals surface area contributed by atoms with Gasteiger partial charge in [0.15, 0.2) is 5.58 Å². The van der Waals surface area contributed by atoms with Gasteiger partial charge in [0.25, 0.3) is 0 Å². The topological polar surface area (TPSA) is 55.1 Å². The maximum absolute atomic E-state index is 12.4. The SMILES string of the molecule is Cc1cc2nc(-c3cccc(NC(=O)/C=C/c4ccc(Cl)cc4)c3C)oc2cc1C. The summed E-state index contributed by atoms with van der Waals surface area (Å²) in [6.07, 6.45) is 3.25. The van der Waals surface area contributed by atoms with Crippen molar-refractivity contribution in [3.8, 4) is 11.5 Å². The smallest absolute Gasteiger partial charge is 0.248 e. The maximum atomic E-state index is 12.4. The summed E-state index contributed by atoms with van der Waals surface area (Å²) < 4.78 is 6.00. The van der Waals surface area contributed by atoms with Crippen molar-refractivity contribution in [2.75, 3.05) is 5.32 Å². The molecule has 0 saturated heterocycles. The van der Waals surface area contributed by atoms with Crippen LogP contribution in [0.2, 0.25) is 5.02 Å². The maximum Gasteiger partial charge on any atom is 0.248 e. The lowest BCUT2D eigenvalue weighted by atomic mass is 10.1. The number of carbonyl (C=O) groups is 1. The number of nitrogens with one attached hydrogen (secondary N) is 1. The number of amides is 1. The number of hydrogen-bond donors (Lipinski definition) is 1. The van der Waals surface area contributed by atoms with Crippen molar-refractivity contribution < 1.29 is 9.21 Å². The van der Waals surface area contributed by atoms with Crippen LogP contribution in [0.5, 0.6) is 0 Å². The number of halogens is 1. The lowest BCUT2D eigenvalue weighted by Gasteiger charge is -2.09. The van der Waals surface area contributed by atoms with Crippen LogP contribution in [0.15, 0.2) is 65.1 Å². The predicted molar refractivity (Wildman–Crippen MR) is 123 cm³/mol. The van der Waals surface area contributed by atoms with Gasteiger partial charge in [-0.2, -0.15) is 0 Å². The molecule has 0 atom stereocenters. The normalized spacial score (nSPS) is 11.3. The second-order valence-electron chi connectivity index (χ2n) is 7.28. The van der Waals surface area contributed by atoms with Crippen LogP contribution in [0.1, 0.15) is 22.3 Å². The van der Waals surface area contributed by atoms with Crippen LogP contribution in [0.4, 0.5) is 5.69 Å². The number of carbonyl (C=O) groups excluding carboxylic acids is 1. The lowest BCUT2D eigenvalue weighted by Crippen LogP contribution is -2.09. The number of oxazole rings is 1. The number of anilines is 1. The summed E-state index contributed by atoms with van der Waals surface area (Å²) >= 11 is 5.89. The molecule has 0 radical (unpaired) electrons. The molecule has 0 unspecified atom stereocenters. The molecule has 30 heavy (non-hydrogen) atoms. The third-order valence-electron chi connectivity index (χ3n) is 5.12. The van der Waals surface area contributed by atoms with Gasteiger partial charge in [0.2, 0.25) is 11.8 Å². The van der Waals surface area contributed by atoms with Gasteiger partial charge in [-0.3, -0.25) is 4.79 Å². The summed E-state index contributed by atoms with van der Waals surface area (Å²) in [5.74, 6) is 0.328. The van der Waals surface area contributed by atoms with E-state index in [4.69, 9.17) is 16.0 Å². The Kier molecular flexibility index (Phi) is 5.42. The molecule has 0 bridgehead atoms. The van der Waals surface area contributed by atoms with E-state index in [1.807, 2.05) is 49.4 Å². The Morgan fingerprint density at radius 2 is 1.77 bits per heavy atom. The van der Waals surface area contributed by atoms with Gasteiger partial charge in [0.1, 0.15) is 5.52 Å². The largest absolute Gasteiger partial charge is 0.436 e. The highest BCUT2D eigenvalue weighted by Gasteiger charge is 2.14. The van der Waals surface area contributed by atoms with Gasteiger partial charge >= 0.3 is 0 Å². The van der Waals surface area contributed by atoms with Crippen molar-refractivity contribution in [1.82, 2.24) is 4.98 Å². The molecule has 150 valence electrons. The third kappa shape index (κ3) is 4.14. The molecular formula is C25H21ClN2O2. The van der Waals surface area contributed by atoms with Gasteiger partial charge in [-0.25, -0.2) is 4.98 Å². The molecule has 0 saturated carbocycles. The first kappa shape index (κ1) is 19.9. The summed E-state index contributed by atoms with van der Waals surface area (Å²) in [6, 6.07) is 17.0. The molecule has 5 heteroatoms. The molecule has 0 spiro atoms. The second-order valence-corrected chi connectivity index (χ2v) is 7.71. The molecule has 1 amide bonds. The Morgan fingerprint density at radius 1 is 1.03 bits per heavy atom. The highest BCUT2D eigenvalue weighted by atomic mass is 35.5. The Hall–Kier alpha value is -3.37. The number of benzene rings is 3. The Bertz CT molecular complexity index is 1230. The predicted octanol–water partition coefficient (Wildman–Crippen LogP) is 6.73. The minimum Gasteiger partial charge on any atom is -0.436 e. The number of hydrogen-bond acceptors (Lipinski definition) is 3. The zero-order valence-corrected chi connectivity index (χ0v) is 17.7. The minimum absolute atomic E-state index is 0.214. The van der Waals surface area contributed by atoms with E-state index in [9.17, 15) is 4.79 Å². The Labute approximate surface area is 180 Å². The van der Waals surface area contributed by atoms with E-state index in [1.54, 1.807) is 18.2 Å². The van der Waals surface area contributed by atoms with E-state index in [2.05, 4.69) is 24.1 Å². The standard InChI is InChI=1S/C25H21ClN2O2/c1-15-13-22-23(14-16(15)2)30-25(28-22)20-5-4-6-21(17(20)3)27-24(29)12-9-18-7-10-19(26)11-8-18/h4-14H,1-3H3,(H,27,29)/b12-9+. The molecule has 0 aliphatic heterocycles. The fourth-order valence-corrected chi connectivity index (χ4v) is 3.34. The van der Waals surface area contributed by atoms with Crippen LogP contribution in [-0.4, -0.2) is 10.9 Å². The summed E-state index contributed by atoms with van der Waals surface area (Å²) in [6.45, 7) is 6.05. The van der Waals surface area contributed by atoms with E-state index in [0.717, 1.165) is 33.4 Å². The number of rotatable bonds is 4. The van der Waals surface area contributed by atoms with E-state index >= 15 is 0 Å². The molecule has 1 N–H and O–H groups in total. The molecule has 1 heterocycles. The van der Waals surface area contributed by atoms with E-state index < -0.39 is 0 Å². The van der Waals surface area contributed by atoms with Crippen molar-refractivity contribution in [3.05, 3.63) is 87.9 Å². The zero-order valence-electron chi connectivity index (χ0n) is 17.0. The first-order valence-corrected chi connectivity index (χ1v) is 10.0. The fraction of sp³-hybridized carbons (Fsp3) is 0.120. The quantitative estimate of drug-likeness (QED) is 0.375. The Morgan fingerprint density at radius 3 is 2.53 bits per heavy atom. The molecule has 4 rings (SSSR count). The molecule has 0 aliphatic carbocycles. The van der Waals surface area contributed by atoms with E-state index in [-0.39, 0.29) is 5.91 Å². The van der Waals surface area contributed by atoms with E-state index in [0.29, 0.717) is 16.6 Å². The van der Waals surface area contributed by atoms with Gasteiger partial charge in [0, 0.05) is 22.3 Å². The number of fused-ring (bicyclic) bond motifs is 1. The summed E-state index contributed by atoms with van der Waals surface area (Å²) in [5.41, 5.74) is 7.28. The van der Waals surface area contributed by atoms with E-state index in [1.165, 1.54) is 11.6 Å². The van der Waals surface area contributed by atoms with Gasteiger partial charge in [-0.1, -0.05) is 29.8 Å². The molecule has 0 fully saturated rings. The molecule has 0 aliphatic rings. The highest BCUT2D eigenvalue weighted by molar-refractivity contribution is 6.30. The summed E-state index contributed by atoms with van der Waals surface area (Å²) in [7, 11) is 0. The van der Waals surface area contributed by atoms with Crippen molar-refractivity contribution in [2.24, 2.45) is 0 Å². The van der Waals surface area contributed by atoms with Crippen LogP contribution in [0.3, 0.4) is 0 Å². The summed E-state index contributed by atoms with van der Waals surface area (Å²) in [4.78, 5) is 17.1. The van der Waals surface area contributed by atoms with Gasteiger partial charge < -0.3 is 9.73 Å². The van der Waals surface area contributed by atoms with Crippen LogP contribution in [0.25, 0.3) is 28.6 Å². The number of nitrogens with zero attached hydrogens (tertiary/aromatic N) is 1. The average molecular weight is 417 g/mol. The molecular weight excluding hydrogens is 396 g/mol. The van der Waals surface area contributed by atoms with Gasteiger partial charge in [-0.05, 0) is 85.5 Å². The van der Waals surface area contributed by atoms with Crippen molar-refractivity contribution in [3.63, 3.8) is 0 Å². The van der Waals surface area contributed by atoms with Crippen LogP contribution < -0.4 is 5.32 Å². The lowest BCUT2D eigenvalue weighted by molar-refractivity contribution is -0.111. The van der Waals surface area contributed by atoms with Crippen LogP contribution in [0, 0.1) is 20.8 Å². The summed E-state index contributed by atoms with van der Waals surface area (Å²) in [5, 5.41) is 3.59. The van der Waals surface area contributed by atoms with Crippen LogP contribution >= 0.6 is 11.6 Å². The second kappa shape index (κ2) is 8.17. The molecule has 4 aromatic rings. The number of aryl methyl sites for hydroxylation is 2. The highest BCUT2D eigenvalue weighted by Crippen LogP contribution is 2.31. The first-order chi connectivity index (χ1) is 14.4. The molecule has 1 aromatic heterocycles. The molecule has 3 aromatic carbocycles. The first-order valence-electron chi connectivity index (χ1n) is 9.63. The number of aromatic nitrogens is 1. The third-order valence-corrected chi connectivity index (χ3v) is 5.38. The van der Waals surface area contributed by atoms with Crippen molar-refractivity contribution >= 4 is 40.4 Å². The van der Waals surface area contributed by atoms with Gasteiger partial charge in [-0.15, -0.1) is 0 Å². The van der Waals surface area contributed by atoms with Crippen molar-refractivity contribution in [2.45, 2.75) is 20.8 Å². The molecule has 4 nitrogen and oxygen atoms in total. The zero-order chi connectivity index (χ0) is 21.3. The fourth-order valence-electron chi connectivity index (χ4n) is 3.22.